The number of carbonyl (C=O) groups is 1. The van der Waals surface area contributed by atoms with Gasteiger partial charge in [-0.2, -0.15) is 0 Å². The standard InChI is InChI=1S/C7H12FNO/c1-2-7(10)9-5-3-4-6(9)8/h6H,2-5H2,1H3. The highest BCUT2D eigenvalue weighted by Crippen LogP contribution is 2.18. The number of hydrogen-bond acceptors (Lipinski definition) is 1. The predicted molar refractivity (Wildman–Crippen MR) is 36.1 cm³/mol. The number of halogens is 1. The van der Waals surface area contributed by atoms with Crippen molar-refractivity contribution in [1.82, 2.24) is 4.90 Å². The molecule has 1 fully saturated rings. The van der Waals surface area contributed by atoms with E-state index in [1.165, 1.54) is 4.90 Å². The van der Waals surface area contributed by atoms with Gasteiger partial charge >= 0.3 is 0 Å². The van der Waals surface area contributed by atoms with Gasteiger partial charge in [-0.25, -0.2) is 4.39 Å². The summed E-state index contributed by atoms with van der Waals surface area (Å²) < 4.78 is 12.7. The highest BCUT2D eigenvalue weighted by atomic mass is 19.1. The highest BCUT2D eigenvalue weighted by Gasteiger charge is 2.26. The van der Waals surface area contributed by atoms with Gasteiger partial charge in [0.1, 0.15) is 0 Å². The van der Waals surface area contributed by atoms with Gasteiger partial charge < -0.3 is 4.90 Å². The Morgan fingerprint density at radius 3 is 2.90 bits per heavy atom. The molecule has 0 aromatic carbocycles. The van der Waals surface area contributed by atoms with Crippen LogP contribution in [-0.2, 0) is 4.79 Å². The quantitative estimate of drug-likeness (QED) is 0.509. The number of carbonyl (C=O) groups excluding carboxylic acids is 1. The lowest BCUT2D eigenvalue weighted by atomic mass is 10.4. The Balaban J connectivity index is 2.46. The maximum atomic E-state index is 12.7. The first-order chi connectivity index (χ1) is 4.75. The molecule has 10 heavy (non-hydrogen) atoms. The molecule has 1 unspecified atom stereocenters. The Labute approximate surface area is 60.0 Å². The number of rotatable bonds is 1. The molecule has 0 saturated carbocycles. The first kappa shape index (κ1) is 7.51. The van der Waals surface area contributed by atoms with E-state index in [1.807, 2.05) is 0 Å². The summed E-state index contributed by atoms with van der Waals surface area (Å²) in [6.07, 6.45) is 0.742. The van der Waals surface area contributed by atoms with Crippen molar-refractivity contribution in [2.45, 2.75) is 32.5 Å². The average molecular weight is 145 g/mol. The summed E-state index contributed by atoms with van der Waals surface area (Å²) in [5.74, 6) is -0.0648. The number of hydrogen-bond donors (Lipinski definition) is 0. The van der Waals surface area contributed by atoms with Crippen LogP contribution in [-0.4, -0.2) is 23.6 Å². The van der Waals surface area contributed by atoms with Crippen molar-refractivity contribution >= 4 is 5.91 Å². The van der Waals surface area contributed by atoms with E-state index < -0.39 is 6.30 Å². The summed E-state index contributed by atoms with van der Waals surface area (Å²) in [5, 5.41) is 0. The normalized spacial score (nSPS) is 25.4. The zero-order valence-electron chi connectivity index (χ0n) is 6.14. The minimum Gasteiger partial charge on any atom is -0.313 e. The van der Waals surface area contributed by atoms with E-state index in [0.717, 1.165) is 6.42 Å². The minimum atomic E-state index is -1.01. The van der Waals surface area contributed by atoms with Gasteiger partial charge in [0.05, 0.1) is 0 Å². The van der Waals surface area contributed by atoms with Crippen LogP contribution in [0.4, 0.5) is 4.39 Å². The van der Waals surface area contributed by atoms with Crippen LogP contribution in [0.15, 0.2) is 0 Å². The Morgan fingerprint density at radius 1 is 1.80 bits per heavy atom. The van der Waals surface area contributed by atoms with Crippen LogP contribution in [0.5, 0.6) is 0 Å². The second-order valence-electron chi connectivity index (χ2n) is 2.52. The monoisotopic (exact) mass is 145 g/mol. The summed E-state index contributed by atoms with van der Waals surface area (Å²) in [5.41, 5.74) is 0. The second kappa shape index (κ2) is 2.99. The molecular weight excluding hydrogens is 133 g/mol. The van der Waals surface area contributed by atoms with Crippen LogP contribution in [0.25, 0.3) is 0 Å². The molecule has 0 radical (unpaired) electrons. The largest absolute Gasteiger partial charge is 0.313 e. The average Bonchev–Trinajstić information content (AvgIpc) is 2.34. The molecule has 1 atom stereocenters. The summed E-state index contributed by atoms with van der Waals surface area (Å²) in [6, 6.07) is 0. The van der Waals surface area contributed by atoms with Gasteiger partial charge in [0.25, 0.3) is 0 Å². The van der Waals surface area contributed by atoms with Crippen molar-refractivity contribution in [3.63, 3.8) is 0 Å². The van der Waals surface area contributed by atoms with Crippen molar-refractivity contribution in [3.8, 4) is 0 Å². The molecule has 2 nitrogen and oxygen atoms in total. The van der Waals surface area contributed by atoms with E-state index in [0.29, 0.717) is 19.4 Å². The van der Waals surface area contributed by atoms with E-state index in [4.69, 9.17) is 0 Å². The van der Waals surface area contributed by atoms with Crippen molar-refractivity contribution in [2.24, 2.45) is 0 Å². The molecule has 1 aliphatic rings. The Kier molecular flexibility index (Phi) is 2.25. The number of likely N-dealkylation sites (tertiary alicyclic amines) is 1. The van der Waals surface area contributed by atoms with Crippen molar-refractivity contribution < 1.29 is 9.18 Å². The van der Waals surface area contributed by atoms with Crippen LogP contribution < -0.4 is 0 Å². The van der Waals surface area contributed by atoms with Gasteiger partial charge in [-0.3, -0.25) is 4.79 Å². The molecule has 0 bridgehead atoms. The first-order valence-corrected chi connectivity index (χ1v) is 3.69. The molecule has 58 valence electrons. The third-order valence-corrected chi connectivity index (χ3v) is 1.80. The van der Waals surface area contributed by atoms with Crippen molar-refractivity contribution in [1.29, 1.82) is 0 Å². The molecule has 3 heteroatoms. The molecule has 1 heterocycles. The molecule has 0 aliphatic carbocycles. The molecule has 0 aromatic rings. The van der Waals surface area contributed by atoms with Crippen LogP contribution in [0.2, 0.25) is 0 Å². The maximum absolute atomic E-state index is 12.7. The number of amides is 1. The molecule has 1 amide bonds. The van der Waals surface area contributed by atoms with E-state index in [2.05, 4.69) is 0 Å². The van der Waals surface area contributed by atoms with Crippen LogP contribution in [0.3, 0.4) is 0 Å². The lowest BCUT2D eigenvalue weighted by Crippen LogP contribution is -2.32. The summed E-state index contributed by atoms with van der Waals surface area (Å²) in [4.78, 5) is 12.2. The second-order valence-corrected chi connectivity index (χ2v) is 2.52. The SMILES string of the molecule is CCC(=O)N1CCCC1F. The zero-order chi connectivity index (χ0) is 7.56. The Morgan fingerprint density at radius 2 is 2.50 bits per heavy atom. The van der Waals surface area contributed by atoms with Gasteiger partial charge in [-0.15, -0.1) is 0 Å². The van der Waals surface area contributed by atoms with Gasteiger partial charge in [-0.05, 0) is 12.8 Å². The molecular formula is C7H12FNO. The lowest BCUT2D eigenvalue weighted by molar-refractivity contribution is -0.134. The van der Waals surface area contributed by atoms with Gasteiger partial charge in [-0.1, -0.05) is 6.92 Å². The molecule has 0 spiro atoms. The third-order valence-electron chi connectivity index (χ3n) is 1.80. The highest BCUT2D eigenvalue weighted by molar-refractivity contribution is 5.76. The molecule has 1 rings (SSSR count). The topological polar surface area (TPSA) is 20.3 Å². The fraction of sp³-hybridized carbons (Fsp3) is 0.857. The Bertz CT molecular complexity index is 138. The number of nitrogens with zero attached hydrogens (tertiary/aromatic N) is 1. The van der Waals surface area contributed by atoms with E-state index in [9.17, 15) is 9.18 Å². The summed E-state index contributed by atoms with van der Waals surface area (Å²) >= 11 is 0. The summed E-state index contributed by atoms with van der Waals surface area (Å²) in [6.45, 7) is 2.36. The number of alkyl halides is 1. The lowest BCUT2D eigenvalue weighted by Gasteiger charge is -2.16. The Hall–Kier alpha value is -0.600. The molecule has 0 aromatic heterocycles. The van der Waals surface area contributed by atoms with Crippen molar-refractivity contribution in [2.75, 3.05) is 6.54 Å². The molecule has 1 aliphatic heterocycles. The third kappa shape index (κ3) is 1.28. The zero-order valence-corrected chi connectivity index (χ0v) is 6.14. The van der Waals surface area contributed by atoms with E-state index in [1.54, 1.807) is 6.92 Å². The minimum absolute atomic E-state index is 0.0648. The predicted octanol–water partition coefficient (Wildman–Crippen LogP) is 1.31. The molecule has 0 N–H and O–H groups in total. The van der Waals surface area contributed by atoms with Crippen molar-refractivity contribution in [3.05, 3.63) is 0 Å². The van der Waals surface area contributed by atoms with E-state index in [-0.39, 0.29) is 5.91 Å². The first-order valence-electron chi connectivity index (χ1n) is 3.69. The van der Waals surface area contributed by atoms with Crippen LogP contribution in [0.1, 0.15) is 26.2 Å². The van der Waals surface area contributed by atoms with Crippen LogP contribution in [0, 0.1) is 0 Å². The fourth-order valence-electron chi connectivity index (χ4n) is 1.21. The molecule has 1 saturated heterocycles. The maximum Gasteiger partial charge on any atom is 0.224 e. The van der Waals surface area contributed by atoms with E-state index >= 15 is 0 Å². The van der Waals surface area contributed by atoms with Gasteiger partial charge in [0, 0.05) is 13.0 Å². The van der Waals surface area contributed by atoms with Gasteiger partial charge in [0.15, 0.2) is 6.30 Å². The summed E-state index contributed by atoms with van der Waals surface area (Å²) in [7, 11) is 0. The van der Waals surface area contributed by atoms with Crippen LogP contribution >= 0.6 is 0 Å². The smallest absolute Gasteiger partial charge is 0.224 e. The fourth-order valence-corrected chi connectivity index (χ4v) is 1.21. The van der Waals surface area contributed by atoms with Gasteiger partial charge in [0.2, 0.25) is 5.91 Å².